The average molecular weight is 158 g/mol. The molecule has 0 radical (unpaired) electrons. The average Bonchev–Trinajstić information content (AvgIpc) is 2.48. The molecule has 0 fully saturated rings. The molecule has 0 saturated heterocycles. The van der Waals surface area contributed by atoms with Gasteiger partial charge in [0.1, 0.15) is 17.5 Å². The van der Waals surface area contributed by atoms with Crippen molar-refractivity contribution >= 4 is 11.2 Å². The van der Waals surface area contributed by atoms with Crippen LogP contribution >= 0.6 is 0 Å². The van der Waals surface area contributed by atoms with Gasteiger partial charge in [-0.25, -0.2) is 15.0 Å². The minimum Gasteiger partial charge on any atom is -0.318 e. The number of aromatic nitrogens is 4. The van der Waals surface area contributed by atoms with Gasteiger partial charge < -0.3 is 4.57 Å². The Kier molecular flexibility index (Phi) is 1.31. The molecule has 12 heavy (non-hydrogen) atoms. The van der Waals surface area contributed by atoms with E-state index in [1.807, 2.05) is 7.05 Å². The number of hydrogen-bond acceptors (Lipinski definition) is 3. The van der Waals surface area contributed by atoms with Crippen molar-refractivity contribution in [2.75, 3.05) is 0 Å². The summed E-state index contributed by atoms with van der Waals surface area (Å²) >= 11 is 0. The maximum atomic E-state index is 5.24. The first-order valence-electron chi connectivity index (χ1n) is 3.41. The van der Waals surface area contributed by atoms with E-state index in [1.54, 1.807) is 10.9 Å². The highest BCUT2D eigenvalue weighted by Crippen LogP contribution is 2.09. The van der Waals surface area contributed by atoms with Crippen molar-refractivity contribution in [3.63, 3.8) is 0 Å². The van der Waals surface area contributed by atoms with Gasteiger partial charge in [-0.3, -0.25) is 0 Å². The van der Waals surface area contributed by atoms with E-state index in [9.17, 15) is 0 Å². The van der Waals surface area contributed by atoms with Crippen LogP contribution in [-0.2, 0) is 7.05 Å². The van der Waals surface area contributed by atoms with E-state index >= 15 is 0 Å². The zero-order valence-electron chi connectivity index (χ0n) is 6.52. The van der Waals surface area contributed by atoms with Crippen molar-refractivity contribution in [1.82, 2.24) is 19.5 Å². The maximum absolute atomic E-state index is 5.24. The van der Waals surface area contributed by atoms with Gasteiger partial charge in [0, 0.05) is 7.05 Å². The molecular weight excluding hydrogens is 152 g/mol. The minimum atomic E-state index is 0.542. The van der Waals surface area contributed by atoms with Crippen LogP contribution in [0.5, 0.6) is 0 Å². The zero-order chi connectivity index (χ0) is 8.55. The highest BCUT2D eigenvalue weighted by Gasteiger charge is 2.04. The zero-order valence-corrected chi connectivity index (χ0v) is 6.52. The summed E-state index contributed by atoms with van der Waals surface area (Å²) in [4.78, 5) is 12.0. The standard InChI is InChI=1S/C8H6N4/c1-3-6-7-8(10-4-9-6)12(2)5-11-7/h1,4-5H,2H3. The second-order valence-electron chi connectivity index (χ2n) is 2.39. The molecule has 58 valence electrons. The summed E-state index contributed by atoms with van der Waals surface area (Å²) in [5.41, 5.74) is 1.99. The summed E-state index contributed by atoms with van der Waals surface area (Å²) in [6.07, 6.45) is 8.35. The van der Waals surface area contributed by atoms with Crippen LogP contribution in [0.15, 0.2) is 12.7 Å². The minimum absolute atomic E-state index is 0.542. The monoisotopic (exact) mass is 158 g/mol. The number of hydrogen-bond donors (Lipinski definition) is 0. The SMILES string of the molecule is C#Cc1ncnc2c1ncn2C. The molecule has 0 unspecified atom stereocenters. The fourth-order valence-electron chi connectivity index (χ4n) is 1.05. The second-order valence-corrected chi connectivity index (χ2v) is 2.39. The van der Waals surface area contributed by atoms with Crippen LogP contribution in [0.25, 0.3) is 11.2 Å². The number of rotatable bonds is 0. The molecule has 0 atom stereocenters. The number of imidazole rings is 1. The quantitative estimate of drug-likeness (QED) is 0.519. The van der Waals surface area contributed by atoms with Crippen LogP contribution in [0.2, 0.25) is 0 Å². The first-order chi connectivity index (χ1) is 5.83. The molecule has 0 aromatic carbocycles. The van der Waals surface area contributed by atoms with Gasteiger partial charge in [-0.05, 0) is 5.92 Å². The highest BCUT2D eigenvalue weighted by molar-refractivity contribution is 5.75. The molecule has 4 nitrogen and oxygen atoms in total. The molecular formula is C8H6N4. The molecule has 0 aliphatic rings. The number of fused-ring (bicyclic) bond motifs is 1. The van der Waals surface area contributed by atoms with Gasteiger partial charge in [-0.15, -0.1) is 6.42 Å². The molecule has 0 amide bonds. The van der Waals surface area contributed by atoms with Crippen LogP contribution < -0.4 is 0 Å². The van der Waals surface area contributed by atoms with Gasteiger partial charge in [-0.1, -0.05) is 0 Å². The Morgan fingerprint density at radius 1 is 1.42 bits per heavy atom. The molecule has 0 bridgehead atoms. The second kappa shape index (κ2) is 2.31. The van der Waals surface area contributed by atoms with E-state index in [2.05, 4.69) is 20.9 Å². The summed E-state index contributed by atoms with van der Waals surface area (Å²) in [5.74, 6) is 2.46. The van der Waals surface area contributed by atoms with Crippen LogP contribution in [0.1, 0.15) is 5.69 Å². The maximum Gasteiger partial charge on any atom is 0.164 e. The molecule has 0 aliphatic carbocycles. The summed E-state index contributed by atoms with van der Waals surface area (Å²) in [5, 5.41) is 0. The molecule has 0 aliphatic heterocycles. The van der Waals surface area contributed by atoms with Gasteiger partial charge in [0.05, 0.1) is 6.33 Å². The van der Waals surface area contributed by atoms with E-state index in [4.69, 9.17) is 6.42 Å². The topological polar surface area (TPSA) is 43.6 Å². The molecule has 0 saturated carbocycles. The van der Waals surface area contributed by atoms with Crippen LogP contribution in [0.4, 0.5) is 0 Å². The molecule has 2 aromatic rings. The predicted molar refractivity (Wildman–Crippen MR) is 44.2 cm³/mol. The van der Waals surface area contributed by atoms with Crippen molar-refractivity contribution < 1.29 is 0 Å². The van der Waals surface area contributed by atoms with Crippen LogP contribution in [-0.4, -0.2) is 19.5 Å². The van der Waals surface area contributed by atoms with Gasteiger partial charge in [0.2, 0.25) is 0 Å². The van der Waals surface area contributed by atoms with Gasteiger partial charge in [0.15, 0.2) is 5.65 Å². The first-order valence-corrected chi connectivity index (χ1v) is 3.41. The van der Waals surface area contributed by atoms with Gasteiger partial charge in [0.25, 0.3) is 0 Å². The van der Waals surface area contributed by atoms with Crippen molar-refractivity contribution in [1.29, 1.82) is 0 Å². The van der Waals surface area contributed by atoms with Crippen molar-refractivity contribution in [3.8, 4) is 12.3 Å². The summed E-state index contributed by atoms with van der Waals surface area (Å²) in [6.45, 7) is 0. The Morgan fingerprint density at radius 2 is 2.25 bits per heavy atom. The number of terminal acetylenes is 1. The number of nitrogens with zero attached hydrogens (tertiary/aromatic N) is 4. The molecule has 2 rings (SSSR count). The van der Waals surface area contributed by atoms with E-state index < -0.39 is 0 Å². The lowest BCUT2D eigenvalue weighted by atomic mass is 10.4. The lowest BCUT2D eigenvalue weighted by Gasteiger charge is -1.92. The molecule has 2 heterocycles. The third-order valence-electron chi connectivity index (χ3n) is 1.63. The normalized spacial score (nSPS) is 10.0. The Labute approximate surface area is 69.3 Å². The van der Waals surface area contributed by atoms with Crippen molar-refractivity contribution in [3.05, 3.63) is 18.3 Å². The van der Waals surface area contributed by atoms with Crippen LogP contribution in [0, 0.1) is 12.3 Å². The Hall–Kier alpha value is -1.89. The summed E-state index contributed by atoms with van der Waals surface area (Å²) < 4.78 is 1.80. The molecule has 2 aromatic heterocycles. The van der Waals surface area contributed by atoms with Crippen molar-refractivity contribution in [2.24, 2.45) is 7.05 Å². The van der Waals surface area contributed by atoms with Gasteiger partial charge >= 0.3 is 0 Å². The first kappa shape index (κ1) is 6.80. The predicted octanol–water partition coefficient (Wildman–Crippen LogP) is 0.345. The third-order valence-corrected chi connectivity index (χ3v) is 1.63. The highest BCUT2D eigenvalue weighted by atomic mass is 15.1. The lowest BCUT2D eigenvalue weighted by Crippen LogP contribution is -1.91. The number of aryl methyl sites for hydroxylation is 1. The van der Waals surface area contributed by atoms with Crippen LogP contribution in [0.3, 0.4) is 0 Å². The lowest BCUT2D eigenvalue weighted by molar-refractivity contribution is 0.928. The van der Waals surface area contributed by atoms with E-state index in [0.717, 1.165) is 5.65 Å². The fraction of sp³-hybridized carbons (Fsp3) is 0.125. The molecule has 0 spiro atoms. The largest absolute Gasteiger partial charge is 0.318 e. The Balaban J connectivity index is 2.92. The van der Waals surface area contributed by atoms with E-state index in [1.165, 1.54) is 6.33 Å². The molecule has 4 heteroatoms. The summed E-state index contributed by atoms with van der Waals surface area (Å²) in [7, 11) is 1.86. The fourth-order valence-corrected chi connectivity index (χ4v) is 1.05. The Bertz CT molecular complexity index is 463. The van der Waals surface area contributed by atoms with E-state index in [0.29, 0.717) is 11.2 Å². The van der Waals surface area contributed by atoms with Gasteiger partial charge in [-0.2, -0.15) is 0 Å². The molecule has 0 N–H and O–H groups in total. The summed E-state index contributed by atoms with van der Waals surface area (Å²) in [6, 6.07) is 0. The Morgan fingerprint density at radius 3 is 3.00 bits per heavy atom. The third kappa shape index (κ3) is 0.768. The van der Waals surface area contributed by atoms with E-state index in [-0.39, 0.29) is 0 Å². The van der Waals surface area contributed by atoms with Crippen molar-refractivity contribution in [2.45, 2.75) is 0 Å². The smallest absolute Gasteiger partial charge is 0.164 e.